The van der Waals surface area contributed by atoms with Crippen molar-refractivity contribution < 1.29 is 13.6 Å². The number of aromatic nitrogens is 1. The summed E-state index contributed by atoms with van der Waals surface area (Å²) in [4.78, 5) is 16.3. The van der Waals surface area contributed by atoms with Crippen LogP contribution in [-0.4, -0.2) is 10.9 Å². The predicted molar refractivity (Wildman–Crippen MR) is 87.2 cm³/mol. The van der Waals surface area contributed by atoms with E-state index < -0.39 is 17.5 Å². The molecule has 0 saturated carbocycles. The maximum Gasteiger partial charge on any atom is 0.230 e. The number of carbonyl (C=O) groups excluding carboxylic acids is 1. The highest BCUT2D eigenvalue weighted by Crippen LogP contribution is 2.26. The van der Waals surface area contributed by atoms with E-state index in [0.717, 1.165) is 17.1 Å². The second-order valence-electron chi connectivity index (χ2n) is 5.87. The molecule has 7 heteroatoms. The van der Waals surface area contributed by atoms with E-state index in [0.29, 0.717) is 5.69 Å². The molecule has 1 aromatic carbocycles. The predicted octanol–water partition coefficient (Wildman–Crippen LogP) is 4.66. The fourth-order valence-corrected chi connectivity index (χ4v) is 2.93. The smallest absolute Gasteiger partial charge is 0.230 e. The Balaban J connectivity index is 2.08. The molecule has 22 heavy (non-hydrogen) atoms. The van der Waals surface area contributed by atoms with Gasteiger partial charge in [0.1, 0.15) is 11.6 Å². The van der Waals surface area contributed by atoms with Gasteiger partial charge in [0.05, 0.1) is 27.3 Å². The maximum atomic E-state index is 13.7. The van der Waals surface area contributed by atoms with Gasteiger partial charge in [0.2, 0.25) is 5.91 Å². The molecule has 0 bridgehead atoms. The highest BCUT2D eigenvalue weighted by atomic mass is 79.9. The van der Waals surface area contributed by atoms with Gasteiger partial charge in [0, 0.05) is 16.9 Å². The molecule has 2 aromatic rings. The molecule has 3 nitrogen and oxygen atoms in total. The van der Waals surface area contributed by atoms with Crippen LogP contribution >= 0.6 is 27.3 Å². The molecule has 1 N–H and O–H groups in total. The maximum absolute atomic E-state index is 13.7. The number of rotatable bonds is 3. The Bertz CT molecular complexity index is 710. The molecule has 0 radical (unpaired) electrons. The lowest BCUT2D eigenvalue weighted by atomic mass is 9.98. The first-order valence-electron chi connectivity index (χ1n) is 6.56. The summed E-state index contributed by atoms with van der Waals surface area (Å²) < 4.78 is 27.1. The molecule has 0 spiro atoms. The number of hydrogen-bond donors (Lipinski definition) is 1. The molecule has 1 amide bonds. The molecular weight excluding hydrogens is 374 g/mol. The zero-order chi connectivity index (χ0) is 16.5. The Morgan fingerprint density at radius 1 is 1.32 bits per heavy atom. The fraction of sp³-hybridized carbons (Fsp3) is 0.333. The zero-order valence-electron chi connectivity index (χ0n) is 12.3. The number of benzene rings is 1. The molecule has 0 atom stereocenters. The van der Waals surface area contributed by atoms with Gasteiger partial charge in [-0.25, -0.2) is 13.8 Å². The number of halogens is 3. The van der Waals surface area contributed by atoms with Gasteiger partial charge in [0.15, 0.2) is 0 Å². The summed E-state index contributed by atoms with van der Waals surface area (Å²) in [7, 11) is 0. The lowest BCUT2D eigenvalue weighted by Gasteiger charge is -2.13. The van der Waals surface area contributed by atoms with Gasteiger partial charge in [0.25, 0.3) is 0 Å². The van der Waals surface area contributed by atoms with Gasteiger partial charge in [-0.15, -0.1) is 11.3 Å². The number of thiazole rings is 1. The quantitative estimate of drug-likeness (QED) is 0.776. The van der Waals surface area contributed by atoms with Crippen LogP contribution in [0.5, 0.6) is 0 Å². The molecule has 1 heterocycles. The summed E-state index contributed by atoms with van der Waals surface area (Å²) in [5.74, 6) is -1.78. The van der Waals surface area contributed by atoms with Crippen molar-refractivity contribution in [1.29, 1.82) is 0 Å². The number of nitrogens with one attached hydrogen (secondary N) is 1. The van der Waals surface area contributed by atoms with Crippen LogP contribution < -0.4 is 5.32 Å². The Morgan fingerprint density at radius 2 is 2.00 bits per heavy atom. The minimum absolute atomic E-state index is 0.0114. The van der Waals surface area contributed by atoms with E-state index in [1.807, 2.05) is 20.8 Å². The minimum Gasteiger partial charge on any atom is -0.323 e. The third-order valence-electron chi connectivity index (χ3n) is 2.82. The van der Waals surface area contributed by atoms with E-state index in [1.165, 1.54) is 11.3 Å². The van der Waals surface area contributed by atoms with Crippen molar-refractivity contribution in [1.82, 2.24) is 4.98 Å². The molecule has 0 aliphatic rings. The summed E-state index contributed by atoms with van der Waals surface area (Å²) in [5.41, 5.74) is 0.350. The van der Waals surface area contributed by atoms with Crippen molar-refractivity contribution in [3.8, 4) is 0 Å². The van der Waals surface area contributed by atoms with E-state index in [2.05, 4.69) is 26.2 Å². The number of carbonyl (C=O) groups is 1. The summed E-state index contributed by atoms with van der Waals surface area (Å²) in [6.07, 6.45) is 0.0176. The third-order valence-corrected chi connectivity index (χ3v) is 4.74. The molecular formula is C15H15BrF2N2OS. The van der Waals surface area contributed by atoms with Gasteiger partial charge >= 0.3 is 0 Å². The average molecular weight is 389 g/mol. The van der Waals surface area contributed by atoms with Crippen LogP contribution in [0.15, 0.2) is 22.0 Å². The van der Waals surface area contributed by atoms with Gasteiger partial charge in [-0.05, 0) is 22.0 Å². The second-order valence-corrected chi connectivity index (χ2v) is 7.58. The van der Waals surface area contributed by atoms with E-state index in [-0.39, 0.29) is 22.0 Å². The van der Waals surface area contributed by atoms with Crippen molar-refractivity contribution in [2.24, 2.45) is 0 Å². The highest BCUT2D eigenvalue weighted by molar-refractivity contribution is 9.10. The van der Waals surface area contributed by atoms with Gasteiger partial charge in [-0.1, -0.05) is 20.8 Å². The van der Waals surface area contributed by atoms with Crippen LogP contribution in [0.2, 0.25) is 0 Å². The van der Waals surface area contributed by atoms with Crippen LogP contribution in [0, 0.1) is 11.6 Å². The van der Waals surface area contributed by atoms with Crippen molar-refractivity contribution >= 4 is 38.9 Å². The molecule has 0 fully saturated rings. The van der Waals surface area contributed by atoms with Gasteiger partial charge in [-0.3, -0.25) is 4.79 Å². The summed E-state index contributed by atoms with van der Waals surface area (Å²) in [5, 5.41) is 5.10. The Morgan fingerprint density at radius 3 is 2.59 bits per heavy atom. The summed E-state index contributed by atoms with van der Waals surface area (Å²) >= 11 is 4.37. The lowest BCUT2D eigenvalue weighted by molar-refractivity contribution is -0.115. The molecule has 118 valence electrons. The Kier molecular flexibility index (Phi) is 4.97. The molecule has 0 aliphatic carbocycles. The summed E-state index contributed by atoms with van der Waals surface area (Å²) in [6.45, 7) is 6.11. The van der Waals surface area contributed by atoms with Crippen molar-refractivity contribution in [2.45, 2.75) is 32.6 Å². The number of amides is 1. The Labute approximate surface area is 139 Å². The Hall–Kier alpha value is -1.34. The first-order chi connectivity index (χ1) is 10.2. The molecule has 2 rings (SSSR count). The topological polar surface area (TPSA) is 42.0 Å². The van der Waals surface area contributed by atoms with Crippen LogP contribution in [0.3, 0.4) is 0 Å². The molecule has 1 aromatic heterocycles. The first-order valence-corrected chi connectivity index (χ1v) is 8.23. The van der Waals surface area contributed by atoms with Crippen LogP contribution in [-0.2, 0) is 16.6 Å². The molecule has 0 saturated heterocycles. The van der Waals surface area contributed by atoms with Crippen LogP contribution in [0.1, 0.15) is 31.5 Å². The van der Waals surface area contributed by atoms with Crippen molar-refractivity contribution in [2.75, 3.05) is 5.32 Å². The third kappa shape index (κ3) is 4.10. The first kappa shape index (κ1) is 17.0. The van der Waals surface area contributed by atoms with Gasteiger partial charge < -0.3 is 5.32 Å². The van der Waals surface area contributed by atoms with Crippen LogP contribution in [0.25, 0.3) is 0 Å². The number of nitrogens with zero attached hydrogens (tertiary/aromatic N) is 1. The highest BCUT2D eigenvalue weighted by Gasteiger charge is 2.19. The van der Waals surface area contributed by atoms with E-state index in [1.54, 1.807) is 5.38 Å². The monoisotopic (exact) mass is 388 g/mol. The van der Waals surface area contributed by atoms with Crippen molar-refractivity contribution in [3.63, 3.8) is 0 Å². The van der Waals surface area contributed by atoms with E-state index >= 15 is 0 Å². The normalized spacial score (nSPS) is 11.5. The molecule has 0 aliphatic heterocycles. The lowest BCUT2D eigenvalue weighted by Crippen LogP contribution is -2.16. The minimum atomic E-state index is -0.699. The van der Waals surface area contributed by atoms with Crippen molar-refractivity contribution in [3.05, 3.63) is 44.3 Å². The standard InChI is InChI=1S/C15H15BrF2N2OS/c1-15(2,3)14-19-8(7-22-14)4-13(21)20-12-6-10(17)9(16)5-11(12)18/h5-7H,4H2,1-3H3,(H,20,21). The van der Waals surface area contributed by atoms with Crippen LogP contribution in [0.4, 0.5) is 14.5 Å². The molecule has 0 unspecified atom stereocenters. The number of hydrogen-bond acceptors (Lipinski definition) is 3. The second kappa shape index (κ2) is 6.42. The van der Waals surface area contributed by atoms with E-state index in [9.17, 15) is 13.6 Å². The summed E-state index contributed by atoms with van der Waals surface area (Å²) in [6, 6.07) is 1.92. The number of anilines is 1. The zero-order valence-corrected chi connectivity index (χ0v) is 14.7. The largest absolute Gasteiger partial charge is 0.323 e. The average Bonchev–Trinajstić information content (AvgIpc) is 2.84. The van der Waals surface area contributed by atoms with Gasteiger partial charge in [-0.2, -0.15) is 0 Å². The fourth-order valence-electron chi connectivity index (χ4n) is 1.71. The SMILES string of the molecule is CC(C)(C)c1nc(CC(=O)Nc2cc(F)c(Br)cc2F)cs1. The van der Waals surface area contributed by atoms with E-state index in [4.69, 9.17) is 0 Å².